The molecule has 4 bridgehead atoms. The molecule has 4 aliphatic carbocycles. The van der Waals surface area contributed by atoms with E-state index >= 15 is 4.79 Å². The molecule has 0 amide bonds. The van der Waals surface area contributed by atoms with Crippen molar-refractivity contribution in [2.24, 2.45) is 17.8 Å². The van der Waals surface area contributed by atoms with Crippen LogP contribution in [0, 0.1) is 17.8 Å². The standard InChI is InChI=1S/C57H65N3O7/c61-25-20-46-51(64)17-13-37-28-41(54(65)52(30-37)67-43-7-1-2-8-43)27-36-12-16-48(57(34-62)21-3-4-22-57)40(26-36)31-39-18-23-59-56(39)60-33-42-32-49-45(19-24-58-49)47(53(42)55(46)66)29-35-10-14-38-6-5-9-50(63)44(38)15-11-35/h5-6,9,11-12,15-16,18-19,23-24,26,28,30,32,35,43,46-47,53,58-63,65H,1-4,7-8,10,13-14,17,20-22,25,27,29,31,33-34H2. The van der Waals surface area contributed by atoms with Gasteiger partial charge in [-0.2, -0.15) is 0 Å². The molecule has 2 fully saturated rings. The van der Waals surface area contributed by atoms with Crippen molar-refractivity contribution in [1.29, 1.82) is 0 Å². The highest BCUT2D eigenvalue weighted by Gasteiger charge is 2.43. The number of phenolic OH excluding ortho intramolecular Hbond substituents is 2. The molecule has 4 unspecified atom stereocenters. The highest BCUT2D eigenvalue weighted by Crippen LogP contribution is 2.47. The number of aromatic hydroxyl groups is 2. The summed E-state index contributed by atoms with van der Waals surface area (Å²) in [5.74, 6) is -0.559. The summed E-state index contributed by atoms with van der Waals surface area (Å²) in [6.07, 6.45) is 21.9. The van der Waals surface area contributed by atoms with Crippen LogP contribution in [0.25, 0.3) is 12.2 Å². The number of allylic oxidation sites excluding steroid dienone is 1. The van der Waals surface area contributed by atoms with Gasteiger partial charge in [-0.05, 0) is 151 Å². The van der Waals surface area contributed by atoms with Crippen LogP contribution in [0.3, 0.4) is 0 Å². The van der Waals surface area contributed by atoms with Crippen LogP contribution in [0.15, 0.2) is 84.7 Å². The Labute approximate surface area is 393 Å². The van der Waals surface area contributed by atoms with Crippen molar-refractivity contribution in [1.82, 2.24) is 9.97 Å². The van der Waals surface area contributed by atoms with Crippen LogP contribution >= 0.6 is 0 Å². The van der Waals surface area contributed by atoms with Crippen LogP contribution in [0.5, 0.6) is 17.2 Å². The summed E-state index contributed by atoms with van der Waals surface area (Å²) in [4.78, 5) is 37.1. The minimum absolute atomic E-state index is 0.00923. The number of ketones is 2. The minimum atomic E-state index is -1.02. The summed E-state index contributed by atoms with van der Waals surface area (Å²) >= 11 is 0. The van der Waals surface area contributed by atoms with E-state index in [1.165, 1.54) is 5.56 Å². The molecule has 3 heterocycles. The molecule has 2 saturated carbocycles. The first kappa shape index (κ1) is 45.0. The number of fused-ring (bicyclic) bond motifs is 8. The van der Waals surface area contributed by atoms with Gasteiger partial charge < -0.3 is 40.4 Å². The molecular weight excluding hydrogens is 839 g/mol. The highest BCUT2D eigenvalue weighted by molar-refractivity contribution is 6.05. The number of aliphatic hydroxyl groups excluding tert-OH is 2. The quantitative estimate of drug-likeness (QED) is 0.0756. The molecule has 10 heteroatoms. The number of aromatic amines is 2. The fourth-order valence-electron chi connectivity index (χ4n) is 12.4. The van der Waals surface area contributed by atoms with Crippen molar-refractivity contribution >= 4 is 29.5 Å². The second-order valence-electron chi connectivity index (χ2n) is 20.2. The fraction of sp³-hybridized carbons (Fsp3) is 0.439. The second kappa shape index (κ2) is 19.4. The van der Waals surface area contributed by atoms with E-state index in [2.05, 4.69) is 63.8 Å². The number of phenols is 2. The Morgan fingerprint density at radius 2 is 1.60 bits per heavy atom. The molecule has 1 aliphatic heterocycles. The number of hydrogen-bond donors (Lipinski definition) is 7. The number of Topliss-reactive ketones (excluding diaryl/α,β-unsaturated/α-hetero) is 2. The zero-order chi connectivity index (χ0) is 46.1. The Hall–Kier alpha value is -5.84. The van der Waals surface area contributed by atoms with E-state index in [1.54, 1.807) is 6.07 Å². The van der Waals surface area contributed by atoms with Gasteiger partial charge in [-0.25, -0.2) is 0 Å². The normalized spacial score (nSPS) is 23.1. The summed E-state index contributed by atoms with van der Waals surface area (Å²) in [5, 5.41) is 47.9. The Bertz CT molecular complexity index is 2680. The Morgan fingerprint density at radius 3 is 2.42 bits per heavy atom. The molecule has 4 atom stereocenters. The lowest BCUT2D eigenvalue weighted by Crippen LogP contribution is -2.38. The monoisotopic (exact) mass is 903 g/mol. The van der Waals surface area contributed by atoms with E-state index in [4.69, 9.17) is 4.74 Å². The first-order valence-corrected chi connectivity index (χ1v) is 24.9. The van der Waals surface area contributed by atoms with Gasteiger partial charge in [0.25, 0.3) is 0 Å². The first-order valence-electron chi connectivity index (χ1n) is 24.9. The maximum absolute atomic E-state index is 15.5. The molecule has 2 aromatic heterocycles. The SMILES string of the molecule is O=C1CCc2cc(c(O)c(OC3CCCC3)c2)Cc2ccc(C3(CO)CCCC3)c(c2)Cc2cc[nH]c2NCC2=Cc3[nH]ccc3C(CC3C=Cc4c(O)cccc4CC3)C2C(=O)C1CCO. The molecule has 10 rings (SSSR count). The van der Waals surface area contributed by atoms with Crippen molar-refractivity contribution < 1.29 is 34.8 Å². The number of anilines is 1. The zero-order valence-electron chi connectivity index (χ0n) is 38.5. The van der Waals surface area contributed by atoms with Crippen molar-refractivity contribution in [3.05, 3.63) is 140 Å². The smallest absolute Gasteiger partial charge is 0.161 e. The van der Waals surface area contributed by atoms with Crippen LogP contribution in [-0.2, 0) is 40.7 Å². The molecule has 350 valence electrons. The van der Waals surface area contributed by atoms with Gasteiger partial charge in [0.15, 0.2) is 17.3 Å². The lowest BCUT2D eigenvalue weighted by atomic mass is 9.67. The lowest BCUT2D eigenvalue weighted by Gasteiger charge is -2.36. The number of benzene rings is 3. The van der Waals surface area contributed by atoms with E-state index in [-0.39, 0.29) is 72.5 Å². The average molecular weight is 904 g/mol. The summed E-state index contributed by atoms with van der Waals surface area (Å²) in [7, 11) is 0. The molecule has 67 heavy (non-hydrogen) atoms. The Morgan fingerprint density at radius 1 is 0.776 bits per heavy atom. The molecule has 0 spiro atoms. The minimum Gasteiger partial charge on any atom is -0.507 e. The van der Waals surface area contributed by atoms with Crippen LogP contribution in [-0.4, -0.2) is 67.8 Å². The van der Waals surface area contributed by atoms with Gasteiger partial charge in [0.1, 0.15) is 17.4 Å². The number of carbonyl (C=O) groups excluding carboxylic acids is 2. The summed E-state index contributed by atoms with van der Waals surface area (Å²) in [6.45, 7) is 0.128. The third kappa shape index (κ3) is 9.15. The molecule has 10 nitrogen and oxygen atoms in total. The van der Waals surface area contributed by atoms with Crippen LogP contribution in [0.1, 0.15) is 139 Å². The predicted molar refractivity (Wildman–Crippen MR) is 262 cm³/mol. The number of carbonyl (C=O) groups is 2. The van der Waals surface area contributed by atoms with Gasteiger partial charge in [-0.15, -0.1) is 0 Å². The number of aryl methyl sites for hydroxylation is 2. The number of aromatic nitrogens is 2. The lowest BCUT2D eigenvalue weighted by molar-refractivity contribution is -0.135. The maximum atomic E-state index is 15.5. The summed E-state index contributed by atoms with van der Waals surface area (Å²) in [5.41, 5.74) is 10.4. The number of H-pyrrole nitrogens is 2. The Kier molecular flexibility index (Phi) is 13.0. The fourth-order valence-corrected chi connectivity index (χ4v) is 12.4. The molecule has 5 aromatic rings. The average Bonchev–Trinajstić information content (AvgIpc) is 4.18. The van der Waals surface area contributed by atoms with Crippen molar-refractivity contribution in [2.45, 2.75) is 120 Å². The largest absolute Gasteiger partial charge is 0.507 e. The van der Waals surface area contributed by atoms with Crippen LogP contribution < -0.4 is 10.1 Å². The van der Waals surface area contributed by atoms with E-state index in [0.717, 1.165) is 120 Å². The Balaban J connectivity index is 1.06. The molecule has 7 N–H and O–H groups in total. The second-order valence-corrected chi connectivity index (χ2v) is 20.2. The third-order valence-corrected chi connectivity index (χ3v) is 16.0. The van der Waals surface area contributed by atoms with Gasteiger partial charge in [-0.1, -0.05) is 61.4 Å². The maximum Gasteiger partial charge on any atom is 0.161 e. The van der Waals surface area contributed by atoms with Gasteiger partial charge in [0, 0.05) is 78.9 Å². The van der Waals surface area contributed by atoms with Gasteiger partial charge >= 0.3 is 0 Å². The zero-order valence-corrected chi connectivity index (χ0v) is 38.5. The number of ether oxygens (including phenoxy) is 1. The first-order chi connectivity index (χ1) is 32.7. The van der Waals surface area contributed by atoms with E-state index in [1.807, 2.05) is 36.7 Å². The van der Waals surface area contributed by atoms with Crippen molar-refractivity contribution in [3.8, 4) is 17.2 Å². The number of aliphatic hydroxyl groups is 2. The van der Waals surface area contributed by atoms with Crippen LogP contribution in [0.2, 0.25) is 0 Å². The van der Waals surface area contributed by atoms with Crippen molar-refractivity contribution in [3.63, 3.8) is 0 Å². The van der Waals surface area contributed by atoms with Gasteiger partial charge in [0.2, 0.25) is 0 Å². The summed E-state index contributed by atoms with van der Waals surface area (Å²) < 4.78 is 6.52. The van der Waals surface area contributed by atoms with E-state index in [9.17, 15) is 25.2 Å². The summed E-state index contributed by atoms with van der Waals surface area (Å²) in [6, 6.07) is 20.3. The highest BCUT2D eigenvalue weighted by atomic mass is 16.5. The van der Waals surface area contributed by atoms with Crippen molar-refractivity contribution in [2.75, 3.05) is 25.1 Å². The molecule has 0 saturated heterocycles. The van der Waals surface area contributed by atoms with Gasteiger partial charge in [-0.3, -0.25) is 9.59 Å². The van der Waals surface area contributed by atoms with Crippen LogP contribution in [0.4, 0.5) is 5.82 Å². The molecule has 5 aliphatic rings. The number of nitrogens with one attached hydrogen (secondary N) is 3. The number of rotatable bonds is 8. The van der Waals surface area contributed by atoms with Gasteiger partial charge in [0.05, 0.1) is 18.6 Å². The third-order valence-electron chi connectivity index (χ3n) is 16.0. The predicted octanol–water partition coefficient (Wildman–Crippen LogP) is 10.0. The topological polar surface area (TPSA) is 168 Å². The molecule has 0 radical (unpaired) electrons. The van der Waals surface area contributed by atoms with E-state index < -0.39 is 11.8 Å². The molecular formula is C57H65N3O7. The van der Waals surface area contributed by atoms with E-state index in [0.29, 0.717) is 43.5 Å². The molecule has 3 aromatic carbocycles. The number of hydrogen-bond acceptors (Lipinski definition) is 8.